The molecular weight excluding hydrogens is 281 g/mol. The molecule has 0 aliphatic rings. The van der Waals surface area contributed by atoms with Crippen molar-refractivity contribution in [3.8, 4) is 0 Å². The molecule has 0 aliphatic carbocycles. The Balaban J connectivity index is 2.44. The van der Waals surface area contributed by atoms with Crippen molar-refractivity contribution in [3.63, 3.8) is 0 Å². The maximum atomic E-state index is 6.18. The van der Waals surface area contributed by atoms with Crippen molar-refractivity contribution in [1.29, 1.82) is 0 Å². The highest BCUT2D eigenvalue weighted by atomic mass is 35.5. The van der Waals surface area contributed by atoms with Gasteiger partial charge in [0.25, 0.3) is 0 Å². The van der Waals surface area contributed by atoms with E-state index in [0.29, 0.717) is 16.0 Å². The Morgan fingerprint density at radius 1 is 1.16 bits per heavy atom. The van der Waals surface area contributed by atoms with Crippen LogP contribution in [-0.2, 0) is 0 Å². The number of nitrogens with zero attached hydrogens (tertiary/aromatic N) is 2. The van der Waals surface area contributed by atoms with Crippen LogP contribution in [-0.4, -0.2) is 9.97 Å². The van der Waals surface area contributed by atoms with Crippen LogP contribution in [0.15, 0.2) is 24.5 Å². The van der Waals surface area contributed by atoms with Crippen molar-refractivity contribution in [1.82, 2.24) is 9.97 Å². The van der Waals surface area contributed by atoms with Gasteiger partial charge in [-0.15, -0.1) is 0 Å². The first kappa shape index (κ1) is 14.1. The quantitative estimate of drug-likeness (QED) is 0.813. The van der Waals surface area contributed by atoms with E-state index in [1.165, 1.54) is 6.33 Å². The lowest BCUT2D eigenvalue weighted by Gasteiger charge is -2.15. The highest BCUT2D eigenvalue weighted by molar-refractivity contribution is 6.33. The zero-order chi connectivity index (χ0) is 14.0. The van der Waals surface area contributed by atoms with Gasteiger partial charge in [0.1, 0.15) is 17.3 Å². The molecule has 1 N–H and O–H groups in total. The number of aryl methyl sites for hydroxylation is 1. The normalized spacial score (nSPS) is 10.8. The second-order valence-corrected chi connectivity index (χ2v) is 5.45. The number of aromatic nitrogens is 2. The van der Waals surface area contributed by atoms with Crippen LogP contribution in [0.25, 0.3) is 0 Å². The second-order valence-electron chi connectivity index (χ2n) is 4.69. The molecule has 0 amide bonds. The molecule has 0 saturated carbocycles. The van der Waals surface area contributed by atoms with Crippen LogP contribution >= 0.6 is 23.2 Å². The molecule has 0 radical (unpaired) electrons. The molecule has 1 aromatic carbocycles. The smallest absolute Gasteiger partial charge is 0.138 e. The van der Waals surface area contributed by atoms with E-state index in [0.717, 1.165) is 16.8 Å². The van der Waals surface area contributed by atoms with Crippen molar-refractivity contribution in [3.05, 3.63) is 45.8 Å². The van der Waals surface area contributed by atoms with Gasteiger partial charge in [0, 0.05) is 5.56 Å². The third-order valence-corrected chi connectivity index (χ3v) is 3.42. The molecule has 0 saturated heterocycles. The summed E-state index contributed by atoms with van der Waals surface area (Å²) < 4.78 is 0. The van der Waals surface area contributed by atoms with Gasteiger partial charge in [-0.2, -0.15) is 0 Å². The van der Waals surface area contributed by atoms with Gasteiger partial charge in [0.05, 0.1) is 10.7 Å². The molecule has 0 atom stereocenters. The fourth-order valence-electron chi connectivity index (χ4n) is 1.85. The summed E-state index contributed by atoms with van der Waals surface area (Å²) in [4.78, 5) is 8.29. The first-order valence-corrected chi connectivity index (χ1v) is 6.78. The van der Waals surface area contributed by atoms with E-state index < -0.39 is 0 Å². The van der Waals surface area contributed by atoms with Crippen molar-refractivity contribution in [2.45, 2.75) is 26.7 Å². The highest BCUT2D eigenvalue weighted by Crippen LogP contribution is 2.32. The van der Waals surface area contributed by atoms with Gasteiger partial charge in [-0.3, -0.25) is 0 Å². The molecule has 0 bridgehead atoms. The van der Waals surface area contributed by atoms with Crippen LogP contribution in [0.3, 0.4) is 0 Å². The number of anilines is 2. The predicted octanol–water partition coefficient (Wildman–Crippen LogP) is 4.96. The standard InChI is InChI=1S/C14H15Cl2N3/c1-8(2)12-13(16)17-7-18-14(12)19-11-6-9(3)4-5-10(11)15/h4-8H,1-3H3,(H,17,18,19). The minimum absolute atomic E-state index is 0.222. The molecule has 100 valence electrons. The van der Waals surface area contributed by atoms with E-state index in [1.54, 1.807) is 0 Å². The number of nitrogens with one attached hydrogen (secondary N) is 1. The minimum atomic E-state index is 0.222. The average Bonchev–Trinajstić information content (AvgIpc) is 2.33. The van der Waals surface area contributed by atoms with E-state index in [-0.39, 0.29) is 5.92 Å². The monoisotopic (exact) mass is 295 g/mol. The average molecular weight is 296 g/mol. The van der Waals surface area contributed by atoms with Crippen molar-refractivity contribution in [2.24, 2.45) is 0 Å². The topological polar surface area (TPSA) is 37.8 Å². The Hall–Kier alpha value is -1.32. The van der Waals surface area contributed by atoms with Crippen LogP contribution in [0.4, 0.5) is 11.5 Å². The molecule has 1 heterocycles. The molecule has 0 unspecified atom stereocenters. The molecule has 5 heteroatoms. The lowest BCUT2D eigenvalue weighted by molar-refractivity contribution is 0.850. The molecular formula is C14H15Cl2N3. The number of hydrogen-bond donors (Lipinski definition) is 1. The van der Waals surface area contributed by atoms with Crippen LogP contribution in [0, 0.1) is 6.92 Å². The van der Waals surface area contributed by atoms with Gasteiger partial charge in [-0.1, -0.05) is 43.1 Å². The van der Waals surface area contributed by atoms with Gasteiger partial charge in [0.15, 0.2) is 0 Å². The summed E-state index contributed by atoms with van der Waals surface area (Å²) in [6.07, 6.45) is 1.44. The molecule has 0 spiro atoms. The number of benzene rings is 1. The van der Waals surface area contributed by atoms with Crippen molar-refractivity contribution >= 4 is 34.7 Å². The van der Waals surface area contributed by atoms with Crippen molar-refractivity contribution < 1.29 is 0 Å². The van der Waals surface area contributed by atoms with Gasteiger partial charge in [-0.25, -0.2) is 9.97 Å². The SMILES string of the molecule is Cc1ccc(Cl)c(Nc2ncnc(Cl)c2C(C)C)c1. The number of halogens is 2. The first-order chi connectivity index (χ1) is 8.99. The maximum absolute atomic E-state index is 6.18. The molecule has 3 nitrogen and oxygen atoms in total. The number of hydrogen-bond acceptors (Lipinski definition) is 3. The summed E-state index contributed by atoms with van der Waals surface area (Å²) >= 11 is 12.3. The molecule has 2 aromatic rings. The van der Waals surface area contributed by atoms with Crippen LogP contribution in [0.5, 0.6) is 0 Å². The third kappa shape index (κ3) is 3.17. The van der Waals surface area contributed by atoms with Crippen LogP contribution < -0.4 is 5.32 Å². The van der Waals surface area contributed by atoms with Crippen molar-refractivity contribution in [2.75, 3.05) is 5.32 Å². The Morgan fingerprint density at radius 2 is 1.89 bits per heavy atom. The van der Waals surface area contributed by atoms with Gasteiger partial charge < -0.3 is 5.32 Å². The summed E-state index contributed by atoms with van der Waals surface area (Å²) in [5, 5.41) is 4.35. The van der Waals surface area contributed by atoms with E-state index >= 15 is 0 Å². The van der Waals surface area contributed by atoms with Gasteiger partial charge in [-0.05, 0) is 30.5 Å². The molecule has 2 rings (SSSR count). The van der Waals surface area contributed by atoms with E-state index in [2.05, 4.69) is 15.3 Å². The van der Waals surface area contributed by atoms with E-state index in [4.69, 9.17) is 23.2 Å². The lowest BCUT2D eigenvalue weighted by atomic mass is 10.1. The molecule has 1 aromatic heterocycles. The predicted molar refractivity (Wildman–Crippen MR) is 80.6 cm³/mol. The van der Waals surface area contributed by atoms with Gasteiger partial charge in [0.2, 0.25) is 0 Å². The van der Waals surface area contributed by atoms with Crippen LogP contribution in [0.1, 0.15) is 30.9 Å². The van der Waals surface area contributed by atoms with Crippen LogP contribution in [0.2, 0.25) is 10.2 Å². The lowest BCUT2D eigenvalue weighted by Crippen LogP contribution is -2.03. The molecule has 0 fully saturated rings. The van der Waals surface area contributed by atoms with E-state index in [9.17, 15) is 0 Å². The zero-order valence-corrected chi connectivity index (χ0v) is 12.5. The Morgan fingerprint density at radius 3 is 2.58 bits per heavy atom. The Bertz CT molecular complexity index is 597. The highest BCUT2D eigenvalue weighted by Gasteiger charge is 2.14. The number of rotatable bonds is 3. The summed E-state index contributed by atoms with van der Waals surface area (Å²) in [7, 11) is 0. The minimum Gasteiger partial charge on any atom is -0.339 e. The summed E-state index contributed by atoms with van der Waals surface area (Å²) in [6, 6.07) is 5.79. The second kappa shape index (κ2) is 5.76. The van der Waals surface area contributed by atoms with Gasteiger partial charge >= 0.3 is 0 Å². The Kier molecular flexibility index (Phi) is 4.27. The summed E-state index contributed by atoms with van der Waals surface area (Å²) in [6.45, 7) is 6.11. The summed E-state index contributed by atoms with van der Waals surface area (Å²) in [5.41, 5.74) is 2.83. The Labute approximate surface area is 123 Å². The fraction of sp³-hybridized carbons (Fsp3) is 0.286. The molecule has 19 heavy (non-hydrogen) atoms. The first-order valence-electron chi connectivity index (χ1n) is 6.02. The molecule has 0 aliphatic heterocycles. The fourth-order valence-corrected chi connectivity index (χ4v) is 2.36. The largest absolute Gasteiger partial charge is 0.339 e. The summed E-state index contributed by atoms with van der Waals surface area (Å²) in [5.74, 6) is 0.919. The zero-order valence-electron chi connectivity index (χ0n) is 11.0. The third-order valence-electron chi connectivity index (χ3n) is 2.79. The van der Waals surface area contributed by atoms with E-state index in [1.807, 2.05) is 39.0 Å². The maximum Gasteiger partial charge on any atom is 0.138 e.